The van der Waals surface area contributed by atoms with Crippen molar-refractivity contribution in [3.05, 3.63) is 46.0 Å². The van der Waals surface area contributed by atoms with Gasteiger partial charge in [0.25, 0.3) is 16.6 Å². The molecule has 8 rings (SSSR count). The van der Waals surface area contributed by atoms with Gasteiger partial charge in [-0.2, -0.15) is 4.57 Å². The monoisotopic (exact) mass is 744 g/mol. The van der Waals surface area contributed by atoms with Gasteiger partial charge in [0.15, 0.2) is 23.0 Å². The SMILES string of the molecule is CCC(=Cc1sc2cc3c(cc2[n+]1CC)OC1(CCCCC1)O3)C=C1Sc2cc3c(cc2N1CC)OC1(CCCCC1)O3.[I-]. The highest BCUT2D eigenvalue weighted by Crippen LogP contribution is 2.55. The Morgan fingerprint density at radius 3 is 2.00 bits per heavy atom. The van der Waals surface area contributed by atoms with E-state index in [0.717, 1.165) is 68.2 Å². The van der Waals surface area contributed by atoms with Crippen LogP contribution in [0.15, 0.2) is 45.8 Å². The maximum Gasteiger partial charge on any atom is 0.263 e. The number of allylic oxidation sites excluding steroid dienone is 2. The number of benzene rings is 2. The van der Waals surface area contributed by atoms with Crippen molar-refractivity contribution in [3.63, 3.8) is 0 Å². The molecule has 234 valence electrons. The first-order valence-electron chi connectivity index (χ1n) is 16.3. The lowest BCUT2D eigenvalue weighted by Crippen LogP contribution is -3.00. The molecule has 44 heavy (non-hydrogen) atoms. The number of thiazole rings is 1. The van der Waals surface area contributed by atoms with Gasteiger partial charge >= 0.3 is 0 Å². The molecule has 0 radical (unpaired) electrons. The van der Waals surface area contributed by atoms with Crippen molar-refractivity contribution in [1.82, 2.24) is 0 Å². The molecule has 1 aromatic heterocycles. The fourth-order valence-corrected chi connectivity index (χ4v) is 9.83. The van der Waals surface area contributed by atoms with E-state index in [4.69, 9.17) is 18.9 Å². The van der Waals surface area contributed by atoms with Crippen LogP contribution in [0.3, 0.4) is 0 Å². The van der Waals surface area contributed by atoms with Crippen LogP contribution >= 0.6 is 23.1 Å². The van der Waals surface area contributed by atoms with Crippen LogP contribution in [0.2, 0.25) is 0 Å². The summed E-state index contributed by atoms with van der Waals surface area (Å²) in [7, 11) is 0. The van der Waals surface area contributed by atoms with Crippen LogP contribution < -0.4 is 52.4 Å². The maximum absolute atomic E-state index is 6.48. The molecule has 0 N–H and O–H groups in total. The van der Waals surface area contributed by atoms with Crippen molar-refractivity contribution in [3.8, 4) is 23.0 Å². The van der Waals surface area contributed by atoms with E-state index in [9.17, 15) is 0 Å². The molecule has 9 heteroatoms. The minimum absolute atomic E-state index is 0. The number of aryl methyl sites for hydroxylation is 1. The third kappa shape index (κ3) is 5.18. The van der Waals surface area contributed by atoms with Crippen LogP contribution in [-0.4, -0.2) is 18.1 Å². The van der Waals surface area contributed by atoms with Crippen LogP contribution in [0.25, 0.3) is 16.3 Å². The summed E-state index contributed by atoms with van der Waals surface area (Å²) in [6.45, 7) is 8.50. The summed E-state index contributed by atoms with van der Waals surface area (Å²) in [5.74, 6) is 2.72. The predicted molar refractivity (Wildman–Crippen MR) is 174 cm³/mol. The van der Waals surface area contributed by atoms with E-state index in [1.807, 2.05) is 23.1 Å². The number of ether oxygens (including phenoxy) is 4. The van der Waals surface area contributed by atoms with E-state index >= 15 is 0 Å². The van der Waals surface area contributed by atoms with Gasteiger partial charge in [-0.05, 0) is 57.6 Å². The first-order valence-corrected chi connectivity index (χ1v) is 18.0. The van der Waals surface area contributed by atoms with Crippen LogP contribution in [0, 0.1) is 0 Å². The molecule has 2 aliphatic carbocycles. The second-order valence-corrected chi connectivity index (χ2v) is 14.6. The van der Waals surface area contributed by atoms with E-state index < -0.39 is 11.6 Å². The summed E-state index contributed by atoms with van der Waals surface area (Å²) < 4.78 is 29.5. The van der Waals surface area contributed by atoms with Crippen molar-refractivity contribution in [2.75, 3.05) is 11.4 Å². The zero-order valence-corrected chi connectivity index (χ0v) is 29.7. The van der Waals surface area contributed by atoms with Gasteiger partial charge in [0.05, 0.1) is 16.8 Å². The Hall–Kier alpha value is -2.11. The van der Waals surface area contributed by atoms with Gasteiger partial charge in [0.1, 0.15) is 11.2 Å². The number of hydrogen-bond acceptors (Lipinski definition) is 7. The average molecular weight is 745 g/mol. The fourth-order valence-electron chi connectivity index (χ4n) is 7.40. The van der Waals surface area contributed by atoms with Gasteiger partial charge in [-0.3, -0.25) is 0 Å². The number of thioether (sulfide) groups is 1. The molecule has 0 atom stereocenters. The standard InChI is InChI=1S/C35H41N2O4S2.HI/c1-4-23(17-32-36(5-2)24-19-26-28(21-30(24)42-32)40-34(38-26)13-9-7-10-14-34)18-33-37(6-3)25-20-27-29(22-31(25)43-33)41-35(39-27)15-11-8-12-16-35;/h17-22H,4-16H2,1-3H3;1H/q+1;/p-1. The van der Waals surface area contributed by atoms with Gasteiger partial charge in [0, 0.05) is 61.4 Å². The third-order valence-corrected chi connectivity index (χ3v) is 11.9. The van der Waals surface area contributed by atoms with Crippen LogP contribution in [0.4, 0.5) is 5.69 Å². The molecule has 3 aliphatic heterocycles. The summed E-state index contributed by atoms with van der Waals surface area (Å²) in [6.07, 6.45) is 16.8. The van der Waals surface area contributed by atoms with Crippen LogP contribution in [-0.2, 0) is 6.54 Å². The number of halogens is 1. The first-order chi connectivity index (χ1) is 21.0. The molecule has 2 saturated carbocycles. The summed E-state index contributed by atoms with van der Waals surface area (Å²) in [5.41, 5.74) is 3.75. The van der Waals surface area contributed by atoms with Crippen LogP contribution in [0.1, 0.15) is 96.4 Å². The van der Waals surface area contributed by atoms with Crippen LogP contribution in [0.5, 0.6) is 23.0 Å². The molecular weight excluding hydrogens is 703 g/mol. The van der Waals surface area contributed by atoms with Crippen molar-refractivity contribution in [1.29, 1.82) is 0 Å². The Kier molecular flexibility index (Phi) is 8.27. The highest BCUT2D eigenvalue weighted by Gasteiger charge is 2.45. The minimum Gasteiger partial charge on any atom is -1.00 e. The van der Waals surface area contributed by atoms with Crippen molar-refractivity contribution >= 4 is 45.1 Å². The Morgan fingerprint density at radius 2 is 1.41 bits per heavy atom. The zero-order valence-electron chi connectivity index (χ0n) is 25.9. The number of fused-ring (bicyclic) bond motifs is 4. The normalized spacial score (nSPS) is 21.8. The topological polar surface area (TPSA) is 44.0 Å². The average Bonchev–Trinajstić information content (AvgIpc) is 3.73. The second-order valence-electron chi connectivity index (χ2n) is 12.5. The predicted octanol–water partition coefficient (Wildman–Crippen LogP) is 6.34. The largest absolute Gasteiger partial charge is 1.00 e. The van der Waals surface area contributed by atoms with Crippen molar-refractivity contribution < 1.29 is 47.5 Å². The van der Waals surface area contributed by atoms with Gasteiger partial charge in [0.2, 0.25) is 5.52 Å². The second kappa shape index (κ2) is 11.9. The number of anilines is 1. The molecule has 2 aromatic carbocycles. The molecule has 0 unspecified atom stereocenters. The lowest BCUT2D eigenvalue weighted by atomic mass is 9.94. The van der Waals surface area contributed by atoms with E-state index in [1.54, 1.807) is 0 Å². The Labute approximate surface area is 285 Å². The number of aromatic nitrogens is 1. The van der Waals surface area contributed by atoms with Gasteiger partial charge in [-0.15, -0.1) is 0 Å². The van der Waals surface area contributed by atoms with Gasteiger partial charge in [-0.1, -0.05) is 42.9 Å². The van der Waals surface area contributed by atoms with Gasteiger partial charge in [-0.25, -0.2) is 0 Å². The van der Waals surface area contributed by atoms with Crippen molar-refractivity contribution in [2.24, 2.45) is 0 Å². The molecule has 0 saturated heterocycles. The summed E-state index contributed by atoms with van der Waals surface area (Å²) in [6, 6.07) is 8.82. The lowest BCUT2D eigenvalue weighted by Gasteiger charge is -2.31. The molecule has 0 amide bonds. The summed E-state index contributed by atoms with van der Waals surface area (Å²) in [5, 5.41) is 2.51. The van der Waals surface area contributed by atoms with E-state index in [2.05, 4.69) is 66.7 Å². The molecule has 2 fully saturated rings. The van der Waals surface area contributed by atoms with E-state index in [1.165, 1.54) is 74.9 Å². The van der Waals surface area contributed by atoms with E-state index in [-0.39, 0.29) is 24.0 Å². The van der Waals surface area contributed by atoms with Gasteiger partial charge < -0.3 is 47.8 Å². The zero-order chi connectivity index (χ0) is 29.2. The van der Waals surface area contributed by atoms with Crippen molar-refractivity contribution in [2.45, 2.75) is 114 Å². The maximum atomic E-state index is 6.48. The number of nitrogens with zero attached hydrogens (tertiary/aromatic N) is 2. The molecule has 2 spiro atoms. The summed E-state index contributed by atoms with van der Waals surface area (Å²) >= 11 is 3.68. The summed E-state index contributed by atoms with van der Waals surface area (Å²) in [4.78, 5) is 3.66. The Balaban J connectivity index is 0.00000312. The lowest BCUT2D eigenvalue weighted by molar-refractivity contribution is -0.665. The molecule has 5 aliphatic rings. The Bertz CT molecular complexity index is 1650. The quantitative estimate of drug-likeness (QED) is 0.225. The third-order valence-electron chi connectivity index (χ3n) is 9.67. The number of hydrogen-bond donors (Lipinski definition) is 0. The smallest absolute Gasteiger partial charge is 0.263 e. The molecule has 0 bridgehead atoms. The fraction of sp³-hybridized carbons (Fsp3) is 0.514. The first kappa shape index (κ1) is 30.5. The molecular formula is C35H41IN2O4S2. The highest BCUT2D eigenvalue weighted by molar-refractivity contribution is 8.03. The molecule has 6 nitrogen and oxygen atoms in total. The highest BCUT2D eigenvalue weighted by atomic mass is 127. The molecule has 4 heterocycles. The van der Waals surface area contributed by atoms with E-state index in [0.29, 0.717) is 0 Å². The molecule has 3 aromatic rings. The Morgan fingerprint density at radius 1 is 0.818 bits per heavy atom. The number of rotatable bonds is 5. The minimum atomic E-state index is -0.442.